The van der Waals surface area contributed by atoms with Gasteiger partial charge in [0.05, 0.1) is 22.1 Å². The fourth-order valence-corrected chi connectivity index (χ4v) is 3.99. The molecule has 0 fully saturated rings. The lowest BCUT2D eigenvalue weighted by molar-refractivity contribution is 0.626. The van der Waals surface area contributed by atoms with E-state index in [4.69, 9.17) is 4.98 Å². The predicted octanol–water partition coefficient (Wildman–Crippen LogP) is 3.81. The Morgan fingerprint density at radius 3 is 2.65 bits per heavy atom. The molecule has 0 unspecified atom stereocenters. The van der Waals surface area contributed by atoms with Gasteiger partial charge in [-0.1, -0.05) is 20.8 Å². The fourth-order valence-electron chi connectivity index (χ4n) is 2.05. The van der Waals surface area contributed by atoms with E-state index in [-0.39, 0.29) is 0 Å². The Morgan fingerprint density at radius 1 is 1.25 bits per heavy atom. The van der Waals surface area contributed by atoms with Crippen LogP contribution in [0.2, 0.25) is 0 Å². The smallest absolute Gasteiger partial charge is 0.0999 e. The molecule has 2 aromatic rings. The summed E-state index contributed by atoms with van der Waals surface area (Å²) in [6.45, 7) is 10.6. The lowest BCUT2D eigenvalue weighted by Crippen LogP contribution is -2.12. The number of nitrogens with one attached hydrogen (secondary N) is 1. The van der Waals surface area contributed by atoms with Crippen LogP contribution in [-0.2, 0) is 19.4 Å². The number of thiazole rings is 2. The van der Waals surface area contributed by atoms with Crippen molar-refractivity contribution in [2.75, 3.05) is 6.54 Å². The molecular formula is C15H23N3S2. The van der Waals surface area contributed by atoms with E-state index in [2.05, 4.69) is 36.5 Å². The fraction of sp³-hybridized carbons (Fsp3) is 0.600. The van der Waals surface area contributed by atoms with Gasteiger partial charge in [-0.05, 0) is 25.8 Å². The third-order valence-corrected chi connectivity index (χ3v) is 4.99. The second-order valence-electron chi connectivity index (χ2n) is 5.42. The molecule has 1 N–H and O–H groups in total. The zero-order chi connectivity index (χ0) is 14.5. The topological polar surface area (TPSA) is 37.8 Å². The molecular weight excluding hydrogens is 286 g/mol. The standard InChI is InChI=1S/C15H23N3S2/c1-5-16-8-13-12(6-10(2)3)18-15(20-13)7-14-17-11(4)9-19-14/h9-10,16H,5-8H2,1-4H3. The van der Waals surface area contributed by atoms with Crippen molar-refractivity contribution in [1.82, 2.24) is 15.3 Å². The molecule has 0 spiro atoms. The molecule has 5 heteroatoms. The van der Waals surface area contributed by atoms with Crippen LogP contribution in [0.1, 0.15) is 47.1 Å². The Kier molecular flexibility index (Phi) is 5.69. The molecule has 20 heavy (non-hydrogen) atoms. The molecule has 0 aliphatic carbocycles. The molecule has 0 bridgehead atoms. The first-order chi connectivity index (χ1) is 9.58. The van der Waals surface area contributed by atoms with E-state index in [9.17, 15) is 0 Å². The maximum absolute atomic E-state index is 4.85. The molecule has 0 aliphatic rings. The van der Waals surface area contributed by atoms with Gasteiger partial charge in [-0.2, -0.15) is 0 Å². The van der Waals surface area contributed by atoms with Crippen molar-refractivity contribution < 1.29 is 0 Å². The maximum Gasteiger partial charge on any atom is 0.0999 e. The second kappa shape index (κ2) is 7.29. The van der Waals surface area contributed by atoms with Gasteiger partial charge in [0.1, 0.15) is 0 Å². The molecule has 2 aromatic heterocycles. The van der Waals surface area contributed by atoms with E-state index in [0.29, 0.717) is 5.92 Å². The van der Waals surface area contributed by atoms with Gasteiger partial charge in [0.2, 0.25) is 0 Å². The highest BCUT2D eigenvalue weighted by Crippen LogP contribution is 2.24. The molecule has 0 radical (unpaired) electrons. The average molecular weight is 310 g/mol. The van der Waals surface area contributed by atoms with Crippen LogP contribution in [0.4, 0.5) is 0 Å². The minimum absolute atomic E-state index is 0.646. The summed E-state index contributed by atoms with van der Waals surface area (Å²) in [6, 6.07) is 0. The van der Waals surface area contributed by atoms with Crippen molar-refractivity contribution in [3.8, 4) is 0 Å². The molecule has 0 amide bonds. The Morgan fingerprint density at radius 2 is 2.05 bits per heavy atom. The van der Waals surface area contributed by atoms with E-state index in [1.165, 1.54) is 20.6 Å². The summed E-state index contributed by atoms with van der Waals surface area (Å²) in [7, 11) is 0. The molecule has 2 heterocycles. The summed E-state index contributed by atoms with van der Waals surface area (Å²) in [5, 5.41) is 7.89. The Hall–Kier alpha value is -0.780. The van der Waals surface area contributed by atoms with E-state index < -0.39 is 0 Å². The highest BCUT2D eigenvalue weighted by atomic mass is 32.1. The third-order valence-electron chi connectivity index (χ3n) is 2.93. The van der Waals surface area contributed by atoms with Gasteiger partial charge in [0.25, 0.3) is 0 Å². The number of rotatable bonds is 7. The molecule has 0 aromatic carbocycles. The van der Waals surface area contributed by atoms with Gasteiger partial charge in [-0.25, -0.2) is 9.97 Å². The van der Waals surface area contributed by atoms with Crippen LogP contribution in [0.3, 0.4) is 0 Å². The van der Waals surface area contributed by atoms with Crippen LogP contribution in [0.25, 0.3) is 0 Å². The second-order valence-corrected chi connectivity index (χ2v) is 7.53. The SMILES string of the molecule is CCNCc1sc(Cc2nc(C)cs2)nc1CC(C)C. The van der Waals surface area contributed by atoms with Crippen LogP contribution in [-0.4, -0.2) is 16.5 Å². The Bertz CT molecular complexity index is 543. The summed E-state index contributed by atoms with van der Waals surface area (Å²) in [5.74, 6) is 0.646. The number of nitrogens with zero attached hydrogens (tertiary/aromatic N) is 2. The maximum atomic E-state index is 4.85. The van der Waals surface area contributed by atoms with Gasteiger partial charge in [0, 0.05) is 22.5 Å². The average Bonchev–Trinajstić information content (AvgIpc) is 2.93. The van der Waals surface area contributed by atoms with Crippen molar-refractivity contribution in [1.29, 1.82) is 0 Å². The number of hydrogen-bond donors (Lipinski definition) is 1. The Balaban J connectivity index is 2.14. The molecule has 0 atom stereocenters. The first-order valence-electron chi connectivity index (χ1n) is 7.17. The molecule has 2 rings (SSSR count). The summed E-state index contributed by atoms with van der Waals surface area (Å²) < 4.78 is 0. The van der Waals surface area contributed by atoms with Crippen molar-refractivity contribution in [3.63, 3.8) is 0 Å². The highest BCUT2D eigenvalue weighted by molar-refractivity contribution is 7.12. The molecule has 0 saturated carbocycles. The lowest BCUT2D eigenvalue weighted by Gasteiger charge is -2.04. The largest absolute Gasteiger partial charge is 0.312 e. The molecule has 110 valence electrons. The molecule has 3 nitrogen and oxygen atoms in total. The van der Waals surface area contributed by atoms with Crippen LogP contribution in [0.15, 0.2) is 5.38 Å². The summed E-state index contributed by atoms with van der Waals surface area (Å²) in [5.41, 5.74) is 2.38. The normalized spacial score (nSPS) is 11.4. The number of aromatic nitrogens is 2. The third kappa shape index (κ3) is 4.36. The van der Waals surface area contributed by atoms with Crippen LogP contribution >= 0.6 is 22.7 Å². The summed E-state index contributed by atoms with van der Waals surface area (Å²) in [6.07, 6.45) is 1.94. The molecule has 0 saturated heterocycles. The molecule has 0 aliphatic heterocycles. The minimum Gasteiger partial charge on any atom is -0.312 e. The van der Waals surface area contributed by atoms with Crippen molar-refractivity contribution in [2.45, 2.75) is 47.1 Å². The quantitative estimate of drug-likeness (QED) is 0.845. The zero-order valence-corrected chi connectivity index (χ0v) is 14.3. The van der Waals surface area contributed by atoms with Crippen molar-refractivity contribution in [3.05, 3.63) is 31.7 Å². The van der Waals surface area contributed by atoms with Crippen LogP contribution in [0.5, 0.6) is 0 Å². The van der Waals surface area contributed by atoms with E-state index in [1.54, 1.807) is 11.3 Å². The summed E-state index contributed by atoms with van der Waals surface area (Å²) in [4.78, 5) is 10.8. The first-order valence-corrected chi connectivity index (χ1v) is 8.87. The van der Waals surface area contributed by atoms with Gasteiger partial charge in [-0.15, -0.1) is 22.7 Å². The predicted molar refractivity (Wildman–Crippen MR) is 87.7 cm³/mol. The van der Waals surface area contributed by atoms with Gasteiger partial charge >= 0.3 is 0 Å². The summed E-state index contributed by atoms with van der Waals surface area (Å²) >= 11 is 3.57. The van der Waals surface area contributed by atoms with Crippen molar-refractivity contribution in [2.24, 2.45) is 5.92 Å². The van der Waals surface area contributed by atoms with E-state index in [0.717, 1.165) is 31.6 Å². The Labute approximate surface area is 129 Å². The van der Waals surface area contributed by atoms with E-state index in [1.807, 2.05) is 18.3 Å². The lowest BCUT2D eigenvalue weighted by atomic mass is 10.1. The monoisotopic (exact) mass is 309 g/mol. The van der Waals surface area contributed by atoms with Gasteiger partial charge in [-0.3, -0.25) is 0 Å². The first kappa shape index (κ1) is 15.6. The van der Waals surface area contributed by atoms with E-state index >= 15 is 0 Å². The highest BCUT2D eigenvalue weighted by Gasteiger charge is 2.13. The zero-order valence-electron chi connectivity index (χ0n) is 12.7. The van der Waals surface area contributed by atoms with Crippen molar-refractivity contribution >= 4 is 22.7 Å². The van der Waals surface area contributed by atoms with Crippen LogP contribution < -0.4 is 5.32 Å². The van der Waals surface area contributed by atoms with Crippen LogP contribution in [0, 0.1) is 12.8 Å². The number of hydrogen-bond acceptors (Lipinski definition) is 5. The van der Waals surface area contributed by atoms with Gasteiger partial charge in [0.15, 0.2) is 0 Å². The minimum atomic E-state index is 0.646. The van der Waals surface area contributed by atoms with Gasteiger partial charge < -0.3 is 5.32 Å². The number of aryl methyl sites for hydroxylation is 1.